The van der Waals surface area contributed by atoms with Gasteiger partial charge in [-0.1, -0.05) is 24.3 Å². The summed E-state index contributed by atoms with van der Waals surface area (Å²) in [7, 11) is 0. The molecule has 0 bridgehead atoms. The summed E-state index contributed by atoms with van der Waals surface area (Å²) in [6, 6.07) is 13.2. The minimum Gasteiger partial charge on any atom is -0.508 e. The zero-order valence-corrected chi connectivity index (χ0v) is 14.0. The molecule has 0 aliphatic rings. The van der Waals surface area contributed by atoms with Gasteiger partial charge >= 0.3 is 0 Å². The maximum Gasteiger partial charge on any atom is 0.250 e. The number of nitrogens with two attached hydrogens (primary N) is 1. The van der Waals surface area contributed by atoms with Crippen molar-refractivity contribution in [3.63, 3.8) is 0 Å². The number of benzene rings is 2. The van der Waals surface area contributed by atoms with Crippen molar-refractivity contribution < 1.29 is 10.2 Å². The standard InChI is InChI=1S/C17H16N8O2/c18-15-21-16(24-19-9-11-3-1-5-13(26)7-11)23-17(22-15)25-20-10-12-4-2-6-14(27)8-12/h1-10,26-27H,(H4,18,21,22,23,24,25)/b19-9+,20-10+. The highest BCUT2D eigenvalue weighted by atomic mass is 16.3. The highest BCUT2D eigenvalue weighted by Crippen LogP contribution is 2.11. The predicted molar refractivity (Wildman–Crippen MR) is 103 cm³/mol. The van der Waals surface area contributed by atoms with E-state index < -0.39 is 0 Å². The first-order valence-corrected chi connectivity index (χ1v) is 7.76. The maximum absolute atomic E-state index is 9.42. The number of phenolic OH excluding ortho intramolecular Hbond substituents is 2. The molecule has 0 saturated heterocycles. The molecule has 0 aliphatic carbocycles. The molecule has 136 valence electrons. The van der Waals surface area contributed by atoms with Gasteiger partial charge in [0.25, 0.3) is 0 Å². The summed E-state index contributed by atoms with van der Waals surface area (Å²) in [6.45, 7) is 0. The van der Waals surface area contributed by atoms with Gasteiger partial charge in [0.1, 0.15) is 11.5 Å². The molecule has 0 saturated carbocycles. The van der Waals surface area contributed by atoms with Crippen molar-refractivity contribution in [2.45, 2.75) is 0 Å². The van der Waals surface area contributed by atoms with Crippen LogP contribution in [0.3, 0.4) is 0 Å². The van der Waals surface area contributed by atoms with E-state index >= 15 is 0 Å². The molecular weight excluding hydrogens is 348 g/mol. The van der Waals surface area contributed by atoms with E-state index in [-0.39, 0.29) is 29.3 Å². The average Bonchev–Trinajstić information content (AvgIpc) is 2.61. The number of hydrazone groups is 2. The van der Waals surface area contributed by atoms with E-state index in [4.69, 9.17) is 5.73 Å². The Labute approximate surface area is 154 Å². The Balaban J connectivity index is 1.65. The number of aromatic nitrogens is 3. The van der Waals surface area contributed by atoms with Gasteiger partial charge in [0.15, 0.2) is 0 Å². The molecule has 3 rings (SSSR count). The van der Waals surface area contributed by atoms with E-state index in [1.807, 2.05) is 0 Å². The van der Waals surface area contributed by atoms with Crippen LogP contribution in [0.5, 0.6) is 11.5 Å². The monoisotopic (exact) mass is 364 g/mol. The van der Waals surface area contributed by atoms with Crippen molar-refractivity contribution in [2.75, 3.05) is 16.6 Å². The Morgan fingerprint density at radius 2 is 1.26 bits per heavy atom. The van der Waals surface area contributed by atoms with E-state index in [1.165, 1.54) is 12.4 Å². The number of anilines is 3. The van der Waals surface area contributed by atoms with Crippen molar-refractivity contribution in [1.82, 2.24) is 15.0 Å². The fourth-order valence-corrected chi connectivity index (χ4v) is 2.03. The van der Waals surface area contributed by atoms with Crippen LogP contribution in [0.1, 0.15) is 11.1 Å². The van der Waals surface area contributed by atoms with Gasteiger partial charge in [-0.3, -0.25) is 0 Å². The summed E-state index contributed by atoms with van der Waals surface area (Å²) in [6.07, 6.45) is 2.99. The molecule has 10 nitrogen and oxygen atoms in total. The van der Waals surface area contributed by atoms with Gasteiger partial charge in [0.2, 0.25) is 17.8 Å². The van der Waals surface area contributed by atoms with Gasteiger partial charge in [0, 0.05) is 0 Å². The Morgan fingerprint density at radius 1 is 0.778 bits per heavy atom. The van der Waals surface area contributed by atoms with E-state index in [0.29, 0.717) is 11.1 Å². The number of phenols is 2. The molecule has 1 aromatic heterocycles. The van der Waals surface area contributed by atoms with Crippen LogP contribution >= 0.6 is 0 Å². The third-order valence-corrected chi connectivity index (χ3v) is 3.15. The van der Waals surface area contributed by atoms with Crippen molar-refractivity contribution >= 4 is 30.3 Å². The van der Waals surface area contributed by atoms with Crippen molar-refractivity contribution in [1.29, 1.82) is 0 Å². The van der Waals surface area contributed by atoms with Gasteiger partial charge in [-0.05, 0) is 35.4 Å². The van der Waals surface area contributed by atoms with Crippen LogP contribution in [0.2, 0.25) is 0 Å². The largest absolute Gasteiger partial charge is 0.508 e. The molecule has 27 heavy (non-hydrogen) atoms. The number of nitrogen functional groups attached to an aromatic ring is 1. The Hall–Kier alpha value is -4.21. The lowest BCUT2D eigenvalue weighted by atomic mass is 10.2. The van der Waals surface area contributed by atoms with E-state index in [0.717, 1.165) is 0 Å². The summed E-state index contributed by atoms with van der Waals surface area (Å²) in [4.78, 5) is 11.9. The molecule has 0 spiro atoms. The Morgan fingerprint density at radius 3 is 1.70 bits per heavy atom. The first-order chi connectivity index (χ1) is 13.1. The predicted octanol–water partition coefficient (Wildman–Crippen LogP) is 1.76. The summed E-state index contributed by atoms with van der Waals surface area (Å²) in [5.74, 6) is 0.497. The minimum absolute atomic E-state index is 0.0184. The first-order valence-electron chi connectivity index (χ1n) is 7.76. The number of hydrogen-bond acceptors (Lipinski definition) is 10. The van der Waals surface area contributed by atoms with Crippen molar-refractivity contribution in [2.24, 2.45) is 10.2 Å². The molecule has 0 radical (unpaired) electrons. The van der Waals surface area contributed by atoms with Gasteiger partial charge in [-0.15, -0.1) is 0 Å². The second-order valence-electron chi connectivity index (χ2n) is 5.27. The van der Waals surface area contributed by atoms with Gasteiger partial charge < -0.3 is 15.9 Å². The molecular formula is C17H16N8O2. The van der Waals surface area contributed by atoms with Crippen LogP contribution in [0.25, 0.3) is 0 Å². The second-order valence-corrected chi connectivity index (χ2v) is 5.27. The van der Waals surface area contributed by atoms with E-state index in [9.17, 15) is 10.2 Å². The van der Waals surface area contributed by atoms with Crippen molar-refractivity contribution in [3.8, 4) is 11.5 Å². The number of nitrogens with zero attached hydrogens (tertiary/aromatic N) is 5. The second kappa shape index (κ2) is 8.25. The van der Waals surface area contributed by atoms with E-state index in [1.54, 1.807) is 48.5 Å². The smallest absolute Gasteiger partial charge is 0.250 e. The van der Waals surface area contributed by atoms with Crippen LogP contribution in [0.15, 0.2) is 58.7 Å². The lowest BCUT2D eigenvalue weighted by molar-refractivity contribution is 0.474. The molecule has 0 amide bonds. The summed E-state index contributed by atoms with van der Waals surface area (Å²) >= 11 is 0. The molecule has 6 N–H and O–H groups in total. The molecule has 1 heterocycles. The van der Waals surface area contributed by atoms with Gasteiger partial charge in [-0.2, -0.15) is 25.2 Å². The average molecular weight is 364 g/mol. The number of hydrogen-bond donors (Lipinski definition) is 5. The van der Waals surface area contributed by atoms with Crippen LogP contribution < -0.4 is 16.6 Å². The first kappa shape index (κ1) is 17.6. The highest BCUT2D eigenvalue weighted by molar-refractivity contribution is 5.81. The summed E-state index contributed by atoms with van der Waals surface area (Å²) < 4.78 is 0. The molecule has 3 aromatic rings. The van der Waals surface area contributed by atoms with Crippen LogP contribution in [0, 0.1) is 0 Å². The lowest BCUT2D eigenvalue weighted by Crippen LogP contribution is -2.06. The SMILES string of the molecule is Nc1nc(N/N=C/c2cccc(O)c2)nc(N/N=C/c2cccc(O)c2)n1. The van der Waals surface area contributed by atoms with Gasteiger partial charge in [0.05, 0.1) is 12.4 Å². The fraction of sp³-hybridized carbons (Fsp3) is 0. The summed E-state index contributed by atoms with van der Waals surface area (Å²) in [5.41, 5.74) is 12.3. The molecule has 0 unspecified atom stereocenters. The number of aromatic hydroxyl groups is 2. The zero-order chi connectivity index (χ0) is 19.1. The molecule has 0 aliphatic heterocycles. The molecule has 10 heteroatoms. The van der Waals surface area contributed by atoms with Crippen LogP contribution in [-0.2, 0) is 0 Å². The van der Waals surface area contributed by atoms with Crippen LogP contribution in [0.4, 0.5) is 17.8 Å². The number of rotatable bonds is 6. The lowest BCUT2D eigenvalue weighted by Gasteiger charge is -2.03. The third-order valence-electron chi connectivity index (χ3n) is 3.15. The highest BCUT2D eigenvalue weighted by Gasteiger charge is 2.02. The Bertz CT molecular complexity index is 914. The topological polar surface area (TPSA) is 154 Å². The van der Waals surface area contributed by atoms with Crippen LogP contribution in [-0.4, -0.2) is 37.6 Å². The quantitative estimate of drug-likeness (QED) is 0.327. The third kappa shape index (κ3) is 5.39. The van der Waals surface area contributed by atoms with Crippen molar-refractivity contribution in [3.05, 3.63) is 59.7 Å². The summed E-state index contributed by atoms with van der Waals surface area (Å²) in [5, 5.41) is 26.8. The van der Waals surface area contributed by atoms with Gasteiger partial charge in [-0.25, -0.2) is 10.9 Å². The molecule has 0 atom stereocenters. The Kier molecular flexibility index (Phi) is 5.38. The number of nitrogens with one attached hydrogen (secondary N) is 2. The minimum atomic E-state index is -0.0184. The fourth-order valence-electron chi connectivity index (χ4n) is 2.03. The molecule has 2 aromatic carbocycles. The molecule has 0 fully saturated rings. The normalized spacial score (nSPS) is 11.1. The zero-order valence-electron chi connectivity index (χ0n) is 14.0. The van der Waals surface area contributed by atoms with E-state index in [2.05, 4.69) is 36.0 Å². The maximum atomic E-state index is 9.42.